The maximum absolute atomic E-state index is 6.26. The van der Waals surface area contributed by atoms with Gasteiger partial charge in [0.1, 0.15) is 16.3 Å². The number of rotatable bonds is 3. The largest absolute Gasteiger partial charge is 0.497 e. The van der Waals surface area contributed by atoms with Crippen LogP contribution in [0.2, 0.25) is 0 Å². The molecule has 3 nitrogen and oxygen atoms in total. The Bertz CT molecular complexity index is 727. The minimum atomic E-state index is 0.420. The summed E-state index contributed by atoms with van der Waals surface area (Å²) in [5.41, 5.74) is 2.48. The molecule has 0 saturated heterocycles. The molecule has 0 spiro atoms. The van der Waals surface area contributed by atoms with E-state index in [0.717, 1.165) is 22.4 Å². The molecule has 0 aliphatic carbocycles. The maximum atomic E-state index is 6.26. The van der Waals surface area contributed by atoms with E-state index in [2.05, 4.69) is 4.98 Å². The predicted octanol–water partition coefficient (Wildman–Crippen LogP) is 4.57. The van der Waals surface area contributed by atoms with Gasteiger partial charge >= 0.3 is 0 Å². The smallest absolute Gasteiger partial charge is 0.238 e. The molecular weight excluding hydrogens is 274 g/mol. The average molecular weight is 286 g/mol. The molecular formula is C16H12ClNO2. The number of benzene rings is 2. The summed E-state index contributed by atoms with van der Waals surface area (Å²) in [6.45, 7) is 0. The fraction of sp³-hybridized carbons (Fsp3) is 0.0625. The summed E-state index contributed by atoms with van der Waals surface area (Å²) < 4.78 is 10.7. The first-order valence-electron chi connectivity index (χ1n) is 6.13. The number of aromatic nitrogens is 1. The fourth-order valence-electron chi connectivity index (χ4n) is 1.88. The van der Waals surface area contributed by atoms with E-state index >= 15 is 0 Å². The van der Waals surface area contributed by atoms with E-state index in [4.69, 9.17) is 20.8 Å². The molecule has 0 amide bonds. The first-order chi connectivity index (χ1) is 9.76. The van der Waals surface area contributed by atoms with Crippen LogP contribution in [0.15, 0.2) is 52.9 Å². The van der Waals surface area contributed by atoms with Crippen LogP contribution in [0.1, 0.15) is 11.5 Å². The molecule has 100 valence electrons. The van der Waals surface area contributed by atoms with Crippen LogP contribution in [-0.2, 0) is 0 Å². The SMILES string of the molecule is COc1ccc(/C=C(/Cl)c2nc3ccccc3o2)cc1. The Labute approximate surface area is 121 Å². The third-order valence-electron chi connectivity index (χ3n) is 2.91. The Balaban J connectivity index is 1.93. The third kappa shape index (κ3) is 2.53. The van der Waals surface area contributed by atoms with Crippen LogP contribution < -0.4 is 4.74 Å². The quantitative estimate of drug-likeness (QED) is 0.707. The number of oxazole rings is 1. The van der Waals surface area contributed by atoms with Gasteiger partial charge in [0.05, 0.1) is 7.11 Å². The van der Waals surface area contributed by atoms with Crippen molar-refractivity contribution in [2.45, 2.75) is 0 Å². The van der Waals surface area contributed by atoms with Crippen LogP contribution in [0, 0.1) is 0 Å². The van der Waals surface area contributed by atoms with Crippen molar-refractivity contribution in [3.05, 3.63) is 60.0 Å². The Morgan fingerprint density at radius 1 is 1.15 bits per heavy atom. The lowest BCUT2D eigenvalue weighted by molar-refractivity contribution is 0.415. The monoisotopic (exact) mass is 285 g/mol. The van der Waals surface area contributed by atoms with Gasteiger partial charge in [-0.1, -0.05) is 35.9 Å². The average Bonchev–Trinajstić information content (AvgIpc) is 2.92. The number of hydrogen-bond donors (Lipinski definition) is 0. The molecule has 0 unspecified atom stereocenters. The number of halogens is 1. The highest BCUT2D eigenvalue weighted by Gasteiger charge is 2.08. The number of fused-ring (bicyclic) bond motifs is 1. The Kier molecular flexibility index (Phi) is 3.44. The van der Waals surface area contributed by atoms with Gasteiger partial charge in [-0.3, -0.25) is 0 Å². The van der Waals surface area contributed by atoms with Gasteiger partial charge in [0, 0.05) is 0 Å². The lowest BCUT2D eigenvalue weighted by Gasteiger charge is -1.99. The lowest BCUT2D eigenvalue weighted by Crippen LogP contribution is -1.82. The number of ether oxygens (including phenoxy) is 1. The van der Waals surface area contributed by atoms with Crippen molar-refractivity contribution in [1.29, 1.82) is 0 Å². The second-order valence-electron chi connectivity index (χ2n) is 4.25. The van der Waals surface area contributed by atoms with Crippen molar-refractivity contribution in [1.82, 2.24) is 4.98 Å². The van der Waals surface area contributed by atoms with E-state index in [-0.39, 0.29) is 0 Å². The Morgan fingerprint density at radius 2 is 1.90 bits per heavy atom. The van der Waals surface area contributed by atoms with Gasteiger partial charge in [0.15, 0.2) is 5.58 Å². The summed E-state index contributed by atoms with van der Waals surface area (Å²) in [5.74, 6) is 1.23. The van der Waals surface area contributed by atoms with Crippen LogP contribution in [0.4, 0.5) is 0 Å². The molecule has 3 aromatic rings. The zero-order valence-electron chi connectivity index (χ0n) is 10.8. The second kappa shape index (κ2) is 5.39. The van der Waals surface area contributed by atoms with Crippen molar-refractivity contribution in [2.24, 2.45) is 0 Å². The number of methoxy groups -OCH3 is 1. The van der Waals surface area contributed by atoms with Gasteiger partial charge in [-0.25, -0.2) is 4.98 Å². The summed E-state index contributed by atoms with van der Waals surface area (Å²) in [6.07, 6.45) is 1.81. The van der Waals surface area contributed by atoms with Crippen LogP contribution in [0.3, 0.4) is 0 Å². The molecule has 0 aliphatic heterocycles. The van der Waals surface area contributed by atoms with Crippen LogP contribution in [-0.4, -0.2) is 12.1 Å². The molecule has 0 saturated carbocycles. The van der Waals surface area contributed by atoms with Gasteiger partial charge in [0.25, 0.3) is 0 Å². The minimum absolute atomic E-state index is 0.420. The van der Waals surface area contributed by atoms with Crippen molar-refractivity contribution < 1.29 is 9.15 Å². The molecule has 1 heterocycles. The zero-order valence-corrected chi connectivity index (χ0v) is 11.6. The number of hydrogen-bond acceptors (Lipinski definition) is 3. The van der Waals surface area contributed by atoms with E-state index in [1.807, 2.05) is 54.6 Å². The molecule has 20 heavy (non-hydrogen) atoms. The van der Waals surface area contributed by atoms with Crippen LogP contribution in [0.5, 0.6) is 5.75 Å². The first-order valence-corrected chi connectivity index (χ1v) is 6.51. The first kappa shape index (κ1) is 12.8. The molecule has 3 rings (SSSR count). The van der Waals surface area contributed by atoms with Gasteiger partial charge in [-0.15, -0.1) is 0 Å². The fourth-order valence-corrected chi connectivity index (χ4v) is 2.09. The zero-order chi connectivity index (χ0) is 13.9. The molecule has 1 aromatic heterocycles. The summed E-state index contributed by atoms with van der Waals surface area (Å²) >= 11 is 6.26. The minimum Gasteiger partial charge on any atom is -0.497 e. The summed E-state index contributed by atoms with van der Waals surface area (Å²) in [4.78, 5) is 4.35. The predicted molar refractivity (Wildman–Crippen MR) is 80.7 cm³/mol. The molecule has 0 fully saturated rings. The molecule has 0 aliphatic rings. The third-order valence-corrected chi connectivity index (χ3v) is 3.18. The van der Waals surface area contributed by atoms with Crippen LogP contribution >= 0.6 is 11.6 Å². The normalized spacial score (nSPS) is 11.8. The second-order valence-corrected chi connectivity index (χ2v) is 4.66. The van der Waals surface area contributed by atoms with E-state index in [9.17, 15) is 0 Å². The van der Waals surface area contributed by atoms with E-state index in [1.165, 1.54) is 0 Å². The van der Waals surface area contributed by atoms with Crippen molar-refractivity contribution in [3.63, 3.8) is 0 Å². The van der Waals surface area contributed by atoms with Gasteiger partial charge in [-0.05, 0) is 35.9 Å². The van der Waals surface area contributed by atoms with Gasteiger partial charge < -0.3 is 9.15 Å². The summed E-state index contributed by atoms with van der Waals surface area (Å²) in [5, 5.41) is 0.464. The number of nitrogens with zero attached hydrogens (tertiary/aromatic N) is 1. The van der Waals surface area contributed by atoms with E-state index < -0.39 is 0 Å². The molecule has 0 radical (unpaired) electrons. The number of para-hydroxylation sites is 2. The van der Waals surface area contributed by atoms with Gasteiger partial charge in [-0.2, -0.15) is 0 Å². The standard InChI is InChI=1S/C16H12ClNO2/c1-19-12-8-6-11(7-9-12)10-13(17)16-18-14-4-2-3-5-15(14)20-16/h2-10H,1H3/b13-10+. The maximum Gasteiger partial charge on any atom is 0.238 e. The van der Waals surface area contributed by atoms with E-state index in [0.29, 0.717) is 10.9 Å². The van der Waals surface area contributed by atoms with Crippen LogP contribution in [0.25, 0.3) is 22.2 Å². The summed E-state index contributed by atoms with van der Waals surface area (Å²) in [6, 6.07) is 15.2. The molecule has 2 aromatic carbocycles. The highest BCUT2D eigenvalue weighted by Crippen LogP contribution is 2.26. The molecule has 0 N–H and O–H groups in total. The molecule has 4 heteroatoms. The lowest BCUT2D eigenvalue weighted by atomic mass is 10.2. The Morgan fingerprint density at radius 3 is 2.60 bits per heavy atom. The van der Waals surface area contributed by atoms with Crippen molar-refractivity contribution in [3.8, 4) is 5.75 Å². The highest BCUT2D eigenvalue weighted by atomic mass is 35.5. The highest BCUT2D eigenvalue weighted by molar-refractivity contribution is 6.50. The van der Waals surface area contributed by atoms with Crippen molar-refractivity contribution >= 4 is 33.8 Å². The topological polar surface area (TPSA) is 35.3 Å². The van der Waals surface area contributed by atoms with E-state index in [1.54, 1.807) is 7.11 Å². The van der Waals surface area contributed by atoms with Gasteiger partial charge in [0.2, 0.25) is 5.89 Å². The molecule has 0 bridgehead atoms. The molecule has 0 atom stereocenters. The van der Waals surface area contributed by atoms with Crippen molar-refractivity contribution in [2.75, 3.05) is 7.11 Å². The Hall–Kier alpha value is -2.26. The summed E-state index contributed by atoms with van der Waals surface area (Å²) in [7, 11) is 1.64.